The summed E-state index contributed by atoms with van der Waals surface area (Å²) in [4.78, 5) is 22.8. The second-order valence-electron chi connectivity index (χ2n) is 5.53. The topological polar surface area (TPSA) is 99.9 Å². The zero-order valence-corrected chi connectivity index (χ0v) is 15.2. The highest BCUT2D eigenvalue weighted by Crippen LogP contribution is 2.28. The van der Waals surface area contributed by atoms with E-state index < -0.39 is 5.91 Å². The number of carbonyl (C=O) groups excluding carboxylic acids is 2. The number of amides is 2. The quantitative estimate of drug-likeness (QED) is 0.707. The predicted octanol–water partition coefficient (Wildman–Crippen LogP) is 2.61. The van der Waals surface area contributed by atoms with Crippen LogP contribution in [0.1, 0.15) is 12.5 Å². The summed E-state index contributed by atoms with van der Waals surface area (Å²) in [5.41, 5.74) is 6.57. The van der Waals surface area contributed by atoms with Crippen LogP contribution in [0, 0.1) is 0 Å². The van der Waals surface area contributed by atoms with Gasteiger partial charge in [0.25, 0.3) is 11.8 Å². The van der Waals surface area contributed by atoms with Crippen LogP contribution in [0.3, 0.4) is 0 Å². The highest BCUT2D eigenvalue weighted by atomic mass is 16.5. The molecule has 0 atom stereocenters. The number of anilines is 1. The average molecular weight is 370 g/mol. The third kappa shape index (κ3) is 6.39. The number of methoxy groups -OCH3 is 1. The maximum atomic E-state index is 12.1. The largest absolute Gasteiger partial charge is 0.493 e. The Morgan fingerprint density at radius 1 is 1.04 bits per heavy atom. The van der Waals surface area contributed by atoms with E-state index in [1.54, 1.807) is 37.4 Å². The number of benzene rings is 2. The van der Waals surface area contributed by atoms with Crippen molar-refractivity contribution in [2.24, 2.45) is 5.73 Å². The summed E-state index contributed by atoms with van der Waals surface area (Å²) in [5, 5.41) is 2.71. The Kier molecular flexibility index (Phi) is 7.25. The van der Waals surface area contributed by atoms with Crippen molar-refractivity contribution in [1.29, 1.82) is 0 Å². The zero-order chi connectivity index (χ0) is 19.6. The molecular weight excluding hydrogens is 348 g/mol. The smallest absolute Gasteiger partial charge is 0.262 e. The summed E-state index contributed by atoms with van der Waals surface area (Å²) in [6.07, 6.45) is 3.86. The van der Waals surface area contributed by atoms with Crippen molar-refractivity contribution in [2.45, 2.75) is 6.92 Å². The van der Waals surface area contributed by atoms with Crippen LogP contribution < -0.4 is 25.3 Å². The highest BCUT2D eigenvalue weighted by Gasteiger charge is 2.09. The van der Waals surface area contributed by atoms with E-state index in [0.29, 0.717) is 22.9 Å². The van der Waals surface area contributed by atoms with Gasteiger partial charge in [0.15, 0.2) is 24.7 Å². The number of nitrogens with two attached hydrogens (primary N) is 1. The second-order valence-corrected chi connectivity index (χ2v) is 5.53. The molecule has 0 saturated heterocycles. The van der Waals surface area contributed by atoms with E-state index in [4.69, 9.17) is 19.9 Å². The van der Waals surface area contributed by atoms with Crippen molar-refractivity contribution in [1.82, 2.24) is 0 Å². The second kappa shape index (κ2) is 9.86. The van der Waals surface area contributed by atoms with Gasteiger partial charge in [-0.15, -0.1) is 0 Å². The number of primary amides is 1. The van der Waals surface area contributed by atoms with Crippen LogP contribution in [-0.2, 0) is 9.59 Å². The van der Waals surface area contributed by atoms with Gasteiger partial charge >= 0.3 is 0 Å². The number of hydrogen-bond donors (Lipinski definition) is 2. The van der Waals surface area contributed by atoms with Crippen molar-refractivity contribution in [3.63, 3.8) is 0 Å². The molecule has 0 aliphatic carbocycles. The van der Waals surface area contributed by atoms with E-state index in [2.05, 4.69) is 5.32 Å². The number of allylic oxidation sites excluding steroid dienone is 1. The molecule has 3 N–H and O–H groups in total. The van der Waals surface area contributed by atoms with E-state index in [1.807, 2.05) is 31.2 Å². The van der Waals surface area contributed by atoms with Gasteiger partial charge in [-0.2, -0.15) is 0 Å². The van der Waals surface area contributed by atoms with Crippen molar-refractivity contribution < 1.29 is 23.8 Å². The summed E-state index contributed by atoms with van der Waals surface area (Å²) in [6, 6.07) is 12.0. The van der Waals surface area contributed by atoms with E-state index in [0.717, 1.165) is 5.56 Å². The van der Waals surface area contributed by atoms with Crippen molar-refractivity contribution >= 4 is 23.6 Å². The predicted molar refractivity (Wildman–Crippen MR) is 103 cm³/mol. The van der Waals surface area contributed by atoms with Crippen molar-refractivity contribution in [3.8, 4) is 17.2 Å². The van der Waals surface area contributed by atoms with Crippen LogP contribution in [0.25, 0.3) is 6.08 Å². The Bertz CT molecular complexity index is 816. The molecule has 0 bridgehead atoms. The number of ether oxygens (including phenoxy) is 3. The van der Waals surface area contributed by atoms with Gasteiger partial charge in [-0.1, -0.05) is 18.2 Å². The molecule has 142 valence electrons. The zero-order valence-electron chi connectivity index (χ0n) is 15.2. The van der Waals surface area contributed by atoms with Crippen LogP contribution in [0.5, 0.6) is 17.2 Å². The summed E-state index contributed by atoms with van der Waals surface area (Å²) in [7, 11) is 1.55. The van der Waals surface area contributed by atoms with E-state index >= 15 is 0 Å². The first-order valence-electron chi connectivity index (χ1n) is 8.26. The summed E-state index contributed by atoms with van der Waals surface area (Å²) in [5.74, 6) is 0.638. The van der Waals surface area contributed by atoms with Gasteiger partial charge in [-0.3, -0.25) is 9.59 Å². The van der Waals surface area contributed by atoms with Crippen LogP contribution in [0.15, 0.2) is 48.5 Å². The standard InChI is InChI=1S/C20H22N2O5/c1-3-4-14-5-10-17(18(11-14)25-2)27-13-20(24)22-15-6-8-16(9-7-15)26-12-19(21)23/h3-11H,12-13H2,1-2H3,(H2,21,23)(H,22,24)/b4-3+. The Labute approximate surface area is 157 Å². The van der Waals surface area contributed by atoms with Gasteiger partial charge in [-0.25, -0.2) is 0 Å². The molecule has 2 aromatic rings. The minimum atomic E-state index is -0.557. The first kappa shape index (κ1) is 19.8. The monoisotopic (exact) mass is 370 g/mol. The highest BCUT2D eigenvalue weighted by molar-refractivity contribution is 5.92. The van der Waals surface area contributed by atoms with Gasteiger partial charge in [0, 0.05) is 5.69 Å². The molecule has 0 fully saturated rings. The normalized spacial score (nSPS) is 10.4. The molecule has 7 heteroatoms. The molecule has 0 radical (unpaired) electrons. The molecule has 0 spiro atoms. The van der Waals surface area contributed by atoms with E-state index in [9.17, 15) is 9.59 Å². The van der Waals surface area contributed by atoms with Crippen LogP contribution in [0.4, 0.5) is 5.69 Å². The lowest BCUT2D eigenvalue weighted by Gasteiger charge is -2.12. The molecule has 2 aromatic carbocycles. The molecule has 27 heavy (non-hydrogen) atoms. The van der Waals surface area contributed by atoms with Gasteiger partial charge in [0.2, 0.25) is 0 Å². The maximum Gasteiger partial charge on any atom is 0.262 e. The summed E-state index contributed by atoms with van der Waals surface area (Å²) >= 11 is 0. The molecule has 2 rings (SSSR count). The summed E-state index contributed by atoms with van der Waals surface area (Å²) < 4.78 is 16.0. The Morgan fingerprint density at radius 3 is 2.41 bits per heavy atom. The minimum Gasteiger partial charge on any atom is -0.493 e. The lowest BCUT2D eigenvalue weighted by atomic mass is 10.2. The van der Waals surface area contributed by atoms with E-state index in [-0.39, 0.29) is 19.1 Å². The maximum absolute atomic E-state index is 12.1. The fourth-order valence-corrected chi connectivity index (χ4v) is 2.23. The Balaban J connectivity index is 1.89. The minimum absolute atomic E-state index is 0.167. The van der Waals surface area contributed by atoms with Crippen LogP contribution in [0.2, 0.25) is 0 Å². The fourth-order valence-electron chi connectivity index (χ4n) is 2.23. The van der Waals surface area contributed by atoms with Crippen molar-refractivity contribution in [3.05, 3.63) is 54.1 Å². The Hall–Kier alpha value is -3.48. The molecule has 0 unspecified atom stereocenters. The van der Waals surface area contributed by atoms with Crippen LogP contribution >= 0.6 is 0 Å². The average Bonchev–Trinajstić information content (AvgIpc) is 2.66. The third-order valence-corrected chi connectivity index (χ3v) is 3.42. The molecule has 2 amide bonds. The molecule has 0 saturated carbocycles. The van der Waals surface area contributed by atoms with Gasteiger partial charge in [-0.05, 0) is 48.9 Å². The van der Waals surface area contributed by atoms with E-state index in [1.165, 1.54) is 0 Å². The number of nitrogens with one attached hydrogen (secondary N) is 1. The van der Waals surface area contributed by atoms with Gasteiger partial charge in [0.1, 0.15) is 5.75 Å². The molecule has 0 heterocycles. The molecule has 0 aliphatic rings. The van der Waals surface area contributed by atoms with Gasteiger partial charge in [0.05, 0.1) is 7.11 Å². The lowest BCUT2D eigenvalue weighted by Crippen LogP contribution is -2.20. The molecule has 0 aromatic heterocycles. The lowest BCUT2D eigenvalue weighted by molar-refractivity contribution is -0.120. The number of hydrogen-bond acceptors (Lipinski definition) is 5. The summed E-state index contributed by atoms with van der Waals surface area (Å²) in [6.45, 7) is 1.56. The van der Waals surface area contributed by atoms with Crippen LogP contribution in [-0.4, -0.2) is 32.1 Å². The third-order valence-electron chi connectivity index (χ3n) is 3.42. The Morgan fingerprint density at radius 2 is 1.78 bits per heavy atom. The SMILES string of the molecule is C/C=C/c1ccc(OCC(=O)Nc2ccc(OCC(N)=O)cc2)c(OC)c1. The first-order valence-corrected chi connectivity index (χ1v) is 8.26. The first-order chi connectivity index (χ1) is 13.0. The molecular formula is C20H22N2O5. The number of carbonyl (C=O) groups is 2. The molecule has 7 nitrogen and oxygen atoms in total. The van der Waals surface area contributed by atoms with Crippen molar-refractivity contribution in [2.75, 3.05) is 25.6 Å². The fraction of sp³-hybridized carbons (Fsp3) is 0.200. The van der Waals surface area contributed by atoms with Gasteiger partial charge < -0.3 is 25.3 Å². The number of rotatable bonds is 9. The molecule has 0 aliphatic heterocycles.